The van der Waals surface area contributed by atoms with Crippen LogP contribution in [-0.4, -0.2) is 22.0 Å². The molecule has 1 atom stereocenters. The van der Waals surface area contributed by atoms with Crippen molar-refractivity contribution in [1.82, 2.24) is 9.38 Å². The summed E-state index contributed by atoms with van der Waals surface area (Å²) < 4.78 is 2.19. The second-order valence-corrected chi connectivity index (χ2v) is 6.15. The van der Waals surface area contributed by atoms with Gasteiger partial charge >= 0.3 is 0 Å². The zero-order valence-corrected chi connectivity index (χ0v) is 13.1. The first-order valence-corrected chi connectivity index (χ1v) is 8.13. The predicted octanol–water partition coefficient (Wildman–Crippen LogP) is 3.85. The fraction of sp³-hybridized carbons (Fsp3) is 0.533. The summed E-state index contributed by atoms with van der Waals surface area (Å²) >= 11 is 3.63. The molecule has 2 aromatic heterocycles. The fourth-order valence-electron chi connectivity index (χ4n) is 3.14. The molecule has 2 aromatic rings. The van der Waals surface area contributed by atoms with Crippen LogP contribution in [0, 0.1) is 5.92 Å². The number of anilines is 1. The maximum atomic E-state index is 4.86. The van der Waals surface area contributed by atoms with Crippen LogP contribution in [0.3, 0.4) is 0 Å². The Balaban J connectivity index is 2.09. The molecule has 1 aliphatic rings. The van der Waals surface area contributed by atoms with Crippen LogP contribution in [0.15, 0.2) is 24.4 Å². The van der Waals surface area contributed by atoms with Gasteiger partial charge in [-0.1, -0.05) is 35.8 Å². The van der Waals surface area contributed by atoms with E-state index in [4.69, 9.17) is 4.98 Å². The summed E-state index contributed by atoms with van der Waals surface area (Å²) in [6.07, 6.45) is 4.66. The average molecular weight is 322 g/mol. The molecule has 1 saturated heterocycles. The molecule has 0 spiro atoms. The van der Waals surface area contributed by atoms with E-state index < -0.39 is 0 Å². The first-order valence-electron chi connectivity index (χ1n) is 7.01. The summed E-state index contributed by atoms with van der Waals surface area (Å²) in [6.45, 7) is 5.76. The summed E-state index contributed by atoms with van der Waals surface area (Å²) in [5.41, 5.74) is 2.31. The van der Waals surface area contributed by atoms with Crippen molar-refractivity contribution in [2.45, 2.75) is 38.1 Å². The van der Waals surface area contributed by atoms with Crippen LogP contribution in [0.1, 0.15) is 32.4 Å². The Morgan fingerprint density at radius 1 is 1.42 bits per heavy atom. The molecule has 0 bridgehead atoms. The summed E-state index contributed by atoms with van der Waals surface area (Å²) in [7, 11) is 0. The molecule has 19 heavy (non-hydrogen) atoms. The van der Waals surface area contributed by atoms with Crippen molar-refractivity contribution in [2.75, 3.05) is 11.4 Å². The number of rotatable bonds is 3. The van der Waals surface area contributed by atoms with Crippen molar-refractivity contribution in [3.8, 4) is 0 Å². The number of nitrogens with zero attached hydrogens (tertiary/aromatic N) is 3. The SMILES string of the molecule is CC(C)C1CCCN1c1nc2ccccn2c1CBr. The maximum absolute atomic E-state index is 4.86. The molecule has 102 valence electrons. The molecule has 0 N–H and O–H groups in total. The zero-order chi connectivity index (χ0) is 13.4. The number of alkyl halides is 1. The van der Waals surface area contributed by atoms with Gasteiger partial charge in [-0.25, -0.2) is 4.98 Å². The Morgan fingerprint density at radius 2 is 2.26 bits per heavy atom. The molecule has 0 aromatic carbocycles. The van der Waals surface area contributed by atoms with Gasteiger partial charge in [0.05, 0.1) is 5.69 Å². The van der Waals surface area contributed by atoms with Crippen LogP contribution in [0.2, 0.25) is 0 Å². The van der Waals surface area contributed by atoms with E-state index in [1.165, 1.54) is 24.4 Å². The minimum atomic E-state index is 0.628. The van der Waals surface area contributed by atoms with E-state index in [9.17, 15) is 0 Å². The Bertz CT molecular complexity index is 576. The topological polar surface area (TPSA) is 20.5 Å². The van der Waals surface area contributed by atoms with Crippen LogP contribution in [0.25, 0.3) is 5.65 Å². The molecule has 0 saturated carbocycles. The largest absolute Gasteiger partial charge is 0.352 e. The molecule has 1 fully saturated rings. The minimum absolute atomic E-state index is 0.628. The number of fused-ring (bicyclic) bond motifs is 1. The van der Waals surface area contributed by atoms with Gasteiger partial charge < -0.3 is 9.30 Å². The number of aromatic nitrogens is 2. The van der Waals surface area contributed by atoms with Gasteiger partial charge in [0.15, 0.2) is 5.82 Å². The standard InChI is InChI=1S/C15H20BrN3/c1-11(2)12-6-5-9-19(12)15-13(10-16)18-8-4-3-7-14(18)17-15/h3-4,7-8,11-12H,5-6,9-10H2,1-2H3. The summed E-state index contributed by atoms with van der Waals surface area (Å²) in [5, 5.41) is 0.842. The van der Waals surface area contributed by atoms with Crippen molar-refractivity contribution >= 4 is 27.4 Å². The molecule has 1 unspecified atom stereocenters. The van der Waals surface area contributed by atoms with Crippen molar-refractivity contribution in [1.29, 1.82) is 0 Å². The zero-order valence-electron chi connectivity index (χ0n) is 11.5. The lowest BCUT2D eigenvalue weighted by atomic mass is 10.0. The summed E-state index contributed by atoms with van der Waals surface area (Å²) in [6, 6.07) is 6.82. The predicted molar refractivity (Wildman–Crippen MR) is 83.0 cm³/mol. The number of pyridine rings is 1. The second kappa shape index (κ2) is 5.16. The third kappa shape index (κ3) is 2.16. The number of imidazole rings is 1. The third-order valence-electron chi connectivity index (χ3n) is 4.08. The number of halogens is 1. The highest BCUT2D eigenvalue weighted by Gasteiger charge is 2.30. The lowest BCUT2D eigenvalue weighted by molar-refractivity contribution is 0.489. The van der Waals surface area contributed by atoms with Gasteiger partial charge in [-0.05, 0) is 30.9 Å². The van der Waals surface area contributed by atoms with Gasteiger partial charge in [-0.3, -0.25) is 0 Å². The van der Waals surface area contributed by atoms with Crippen LogP contribution in [0.5, 0.6) is 0 Å². The molecule has 3 heterocycles. The number of hydrogen-bond acceptors (Lipinski definition) is 2. The highest BCUT2D eigenvalue weighted by Crippen LogP contribution is 2.32. The molecule has 4 heteroatoms. The van der Waals surface area contributed by atoms with Gasteiger partial charge in [-0.15, -0.1) is 0 Å². The second-order valence-electron chi connectivity index (χ2n) is 5.59. The molecule has 1 aliphatic heterocycles. The maximum Gasteiger partial charge on any atom is 0.152 e. The number of hydrogen-bond donors (Lipinski definition) is 0. The molecular weight excluding hydrogens is 302 g/mol. The fourth-order valence-corrected chi connectivity index (χ4v) is 3.66. The van der Waals surface area contributed by atoms with Gasteiger partial charge in [0.25, 0.3) is 0 Å². The first kappa shape index (κ1) is 13.0. The van der Waals surface area contributed by atoms with Crippen molar-refractivity contribution in [2.24, 2.45) is 5.92 Å². The molecular formula is C15H20BrN3. The Hall–Kier alpha value is -1.03. The van der Waals surface area contributed by atoms with Crippen molar-refractivity contribution in [3.63, 3.8) is 0 Å². The molecule has 3 nitrogen and oxygen atoms in total. The Kier molecular flexibility index (Phi) is 3.52. The van der Waals surface area contributed by atoms with Gasteiger partial charge in [0, 0.05) is 24.1 Å². The molecule has 0 amide bonds. The minimum Gasteiger partial charge on any atom is -0.352 e. The van der Waals surface area contributed by atoms with Crippen LogP contribution in [-0.2, 0) is 5.33 Å². The Labute approximate surface area is 122 Å². The highest BCUT2D eigenvalue weighted by molar-refractivity contribution is 9.08. The van der Waals surface area contributed by atoms with Crippen molar-refractivity contribution in [3.05, 3.63) is 30.1 Å². The quantitative estimate of drug-likeness (QED) is 0.800. The summed E-state index contributed by atoms with van der Waals surface area (Å²) in [5.74, 6) is 1.84. The van der Waals surface area contributed by atoms with Gasteiger partial charge in [0.1, 0.15) is 5.65 Å². The first-order chi connectivity index (χ1) is 9.22. The van der Waals surface area contributed by atoms with E-state index in [1.54, 1.807) is 0 Å². The highest BCUT2D eigenvalue weighted by atomic mass is 79.9. The van der Waals surface area contributed by atoms with E-state index in [2.05, 4.69) is 57.4 Å². The van der Waals surface area contributed by atoms with Crippen LogP contribution in [0.4, 0.5) is 5.82 Å². The monoisotopic (exact) mass is 321 g/mol. The van der Waals surface area contributed by atoms with Gasteiger partial charge in [-0.2, -0.15) is 0 Å². The van der Waals surface area contributed by atoms with Crippen molar-refractivity contribution < 1.29 is 0 Å². The van der Waals surface area contributed by atoms with E-state index >= 15 is 0 Å². The van der Waals surface area contributed by atoms with Gasteiger partial charge in [0.2, 0.25) is 0 Å². The van der Waals surface area contributed by atoms with E-state index in [1.807, 2.05) is 6.07 Å². The smallest absolute Gasteiger partial charge is 0.152 e. The van der Waals surface area contributed by atoms with E-state index in [0.717, 1.165) is 17.5 Å². The van der Waals surface area contributed by atoms with E-state index in [-0.39, 0.29) is 0 Å². The lowest BCUT2D eigenvalue weighted by Gasteiger charge is -2.28. The lowest BCUT2D eigenvalue weighted by Crippen LogP contribution is -2.34. The molecule has 3 rings (SSSR count). The normalized spacial score (nSPS) is 19.8. The molecule has 0 radical (unpaired) electrons. The molecule has 0 aliphatic carbocycles. The summed E-state index contributed by atoms with van der Waals surface area (Å²) in [4.78, 5) is 7.37. The third-order valence-corrected chi connectivity index (χ3v) is 4.61. The average Bonchev–Trinajstić information content (AvgIpc) is 3.02. The van der Waals surface area contributed by atoms with E-state index in [0.29, 0.717) is 12.0 Å². The van der Waals surface area contributed by atoms with Crippen LogP contribution >= 0.6 is 15.9 Å². The Morgan fingerprint density at radius 3 is 3.00 bits per heavy atom. The van der Waals surface area contributed by atoms with Crippen LogP contribution < -0.4 is 4.90 Å².